The third-order valence-corrected chi connectivity index (χ3v) is 1.62. The molecule has 0 aliphatic carbocycles. The van der Waals surface area contributed by atoms with Crippen molar-refractivity contribution in [3.63, 3.8) is 0 Å². The lowest BCUT2D eigenvalue weighted by atomic mass is 10.2. The number of aliphatic hydroxyl groups excluding tert-OH is 1. The lowest BCUT2D eigenvalue weighted by Crippen LogP contribution is -2.19. The zero-order chi connectivity index (χ0) is 8.53. The summed E-state index contributed by atoms with van der Waals surface area (Å²) in [5.41, 5.74) is 0. The second-order valence-electron chi connectivity index (χ2n) is 2.62. The van der Waals surface area contributed by atoms with Crippen LogP contribution in [0, 0.1) is 0 Å². The molecule has 0 aromatic heterocycles. The van der Waals surface area contributed by atoms with Gasteiger partial charge in [0.05, 0.1) is 6.10 Å². The Bertz CT molecular complexity index is 102. The zero-order valence-electron chi connectivity index (χ0n) is 7.51. The minimum absolute atomic E-state index is 0.131. The molecule has 0 radical (unpaired) electrons. The molecule has 0 aromatic rings. The predicted molar refractivity (Wildman–Crippen MR) is 48.6 cm³/mol. The maximum Gasteiger partial charge on any atom is 0.0549 e. The van der Waals surface area contributed by atoms with Crippen molar-refractivity contribution in [2.24, 2.45) is 0 Å². The van der Waals surface area contributed by atoms with Crippen LogP contribution in [0.25, 0.3) is 0 Å². The molecule has 11 heavy (non-hydrogen) atoms. The van der Waals surface area contributed by atoms with Crippen LogP contribution in [0.1, 0.15) is 26.7 Å². The Hall–Kier alpha value is -0.340. The van der Waals surface area contributed by atoms with E-state index >= 15 is 0 Å². The van der Waals surface area contributed by atoms with Gasteiger partial charge in [-0.05, 0) is 26.3 Å². The Balaban J connectivity index is 3.01. The molecule has 0 fully saturated rings. The van der Waals surface area contributed by atoms with Crippen LogP contribution in [-0.2, 0) is 0 Å². The van der Waals surface area contributed by atoms with Crippen molar-refractivity contribution in [1.29, 1.82) is 0 Å². The van der Waals surface area contributed by atoms with Crippen LogP contribution in [0.15, 0.2) is 12.2 Å². The molecule has 2 heteroatoms. The average Bonchev–Trinajstić information content (AvgIpc) is 2.04. The summed E-state index contributed by atoms with van der Waals surface area (Å²) < 4.78 is 0. The third-order valence-electron chi connectivity index (χ3n) is 1.62. The van der Waals surface area contributed by atoms with E-state index in [2.05, 4.69) is 11.4 Å². The molecule has 0 rings (SSSR count). The molecule has 0 aromatic carbocycles. The van der Waals surface area contributed by atoms with Gasteiger partial charge < -0.3 is 10.4 Å². The van der Waals surface area contributed by atoms with Crippen LogP contribution < -0.4 is 5.32 Å². The zero-order valence-corrected chi connectivity index (χ0v) is 7.51. The van der Waals surface area contributed by atoms with Gasteiger partial charge in [0.15, 0.2) is 0 Å². The topological polar surface area (TPSA) is 32.3 Å². The molecule has 0 heterocycles. The Kier molecular flexibility index (Phi) is 7.52. The second-order valence-corrected chi connectivity index (χ2v) is 2.62. The van der Waals surface area contributed by atoms with E-state index in [1.54, 1.807) is 0 Å². The molecule has 0 amide bonds. The average molecular weight is 157 g/mol. The van der Waals surface area contributed by atoms with Gasteiger partial charge in [0.1, 0.15) is 0 Å². The van der Waals surface area contributed by atoms with Gasteiger partial charge in [-0.3, -0.25) is 0 Å². The summed E-state index contributed by atoms with van der Waals surface area (Å²) in [6, 6.07) is 0. The fraction of sp³-hybridized carbons (Fsp3) is 0.778. The van der Waals surface area contributed by atoms with Gasteiger partial charge in [-0.25, -0.2) is 0 Å². The summed E-state index contributed by atoms with van der Waals surface area (Å²) in [4.78, 5) is 0. The van der Waals surface area contributed by atoms with Crippen LogP contribution in [0.5, 0.6) is 0 Å². The Morgan fingerprint density at radius 1 is 1.55 bits per heavy atom. The van der Waals surface area contributed by atoms with E-state index in [-0.39, 0.29) is 6.10 Å². The lowest BCUT2D eigenvalue weighted by Gasteiger charge is -2.06. The van der Waals surface area contributed by atoms with Gasteiger partial charge in [-0.2, -0.15) is 0 Å². The molecular formula is C9H19NO. The maximum atomic E-state index is 9.16. The molecule has 1 atom stereocenters. The van der Waals surface area contributed by atoms with E-state index < -0.39 is 0 Å². The summed E-state index contributed by atoms with van der Waals surface area (Å²) in [6.07, 6.45) is 5.66. The highest BCUT2D eigenvalue weighted by molar-refractivity contribution is 4.79. The van der Waals surface area contributed by atoms with Gasteiger partial charge in [-0.1, -0.05) is 19.1 Å². The minimum Gasteiger partial charge on any atom is -0.393 e. The van der Waals surface area contributed by atoms with E-state index in [1.807, 2.05) is 19.9 Å². The molecule has 1 unspecified atom stereocenters. The first-order valence-corrected chi connectivity index (χ1v) is 4.31. The Morgan fingerprint density at radius 2 is 2.27 bits per heavy atom. The molecule has 0 bridgehead atoms. The smallest absolute Gasteiger partial charge is 0.0549 e. The highest BCUT2D eigenvalue weighted by Crippen LogP contribution is 1.93. The standard InChI is InChI=1S/C9H19NO/c1-3-5-7-10-8-6-9(11)4-2/h3,5,9-11H,4,6-8H2,1-2H3/b5-3+. The first kappa shape index (κ1) is 10.7. The van der Waals surface area contributed by atoms with Gasteiger partial charge in [-0.15, -0.1) is 0 Å². The van der Waals surface area contributed by atoms with E-state index in [9.17, 15) is 0 Å². The Labute approximate surface area is 69.3 Å². The van der Waals surface area contributed by atoms with Gasteiger partial charge in [0.2, 0.25) is 0 Å². The number of aliphatic hydroxyl groups is 1. The minimum atomic E-state index is -0.131. The first-order valence-electron chi connectivity index (χ1n) is 4.31. The summed E-state index contributed by atoms with van der Waals surface area (Å²) in [7, 11) is 0. The van der Waals surface area contributed by atoms with Crippen molar-refractivity contribution in [2.45, 2.75) is 32.8 Å². The summed E-state index contributed by atoms with van der Waals surface area (Å²) in [6.45, 7) is 5.81. The van der Waals surface area contributed by atoms with Crippen LogP contribution >= 0.6 is 0 Å². The van der Waals surface area contributed by atoms with E-state index in [4.69, 9.17) is 5.11 Å². The number of rotatable bonds is 6. The van der Waals surface area contributed by atoms with Gasteiger partial charge >= 0.3 is 0 Å². The van der Waals surface area contributed by atoms with Crippen molar-refractivity contribution in [3.05, 3.63) is 12.2 Å². The normalized spacial score (nSPS) is 14.1. The SMILES string of the molecule is C/C=C/CNCCC(O)CC. The highest BCUT2D eigenvalue weighted by atomic mass is 16.3. The van der Waals surface area contributed by atoms with E-state index in [1.165, 1.54) is 0 Å². The largest absolute Gasteiger partial charge is 0.393 e. The van der Waals surface area contributed by atoms with Crippen molar-refractivity contribution in [1.82, 2.24) is 5.32 Å². The van der Waals surface area contributed by atoms with Crippen molar-refractivity contribution in [2.75, 3.05) is 13.1 Å². The number of allylic oxidation sites excluding steroid dienone is 1. The van der Waals surface area contributed by atoms with Gasteiger partial charge in [0.25, 0.3) is 0 Å². The third kappa shape index (κ3) is 7.56. The van der Waals surface area contributed by atoms with E-state index in [0.717, 1.165) is 25.9 Å². The van der Waals surface area contributed by atoms with Crippen LogP contribution in [0.4, 0.5) is 0 Å². The first-order chi connectivity index (χ1) is 5.31. The molecule has 66 valence electrons. The number of hydrogen-bond donors (Lipinski definition) is 2. The van der Waals surface area contributed by atoms with E-state index in [0.29, 0.717) is 0 Å². The summed E-state index contributed by atoms with van der Waals surface area (Å²) >= 11 is 0. The summed E-state index contributed by atoms with van der Waals surface area (Å²) in [5, 5.41) is 12.4. The Morgan fingerprint density at radius 3 is 2.82 bits per heavy atom. The molecule has 0 saturated carbocycles. The maximum absolute atomic E-state index is 9.16. The fourth-order valence-electron chi connectivity index (χ4n) is 0.776. The molecule has 2 nitrogen and oxygen atoms in total. The molecule has 0 saturated heterocycles. The van der Waals surface area contributed by atoms with Crippen LogP contribution in [-0.4, -0.2) is 24.3 Å². The molecule has 0 aliphatic heterocycles. The fourth-order valence-corrected chi connectivity index (χ4v) is 0.776. The summed E-state index contributed by atoms with van der Waals surface area (Å²) in [5.74, 6) is 0. The predicted octanol–water partition coefficient (Wildman–Crippen LogP) is 1.31. The molecule has 0 aliphatic rings. The van der Waals surface area contributed by atoms with Crippen LogP contribution in [0.2, 0.25) is 0 Å². The van der Waals surface area contributed by atoms with Gasteiger partial charge in [0, 0.05) is 6.54 Å². The lowest BCUT2D eigenvalue weighted by molar-refractivity contribution is 0.160. The molecular weight excluding hydrogens is 138 g/mol. The van der Waals surface area contributed by atoms with Crippen molar-refractivity contribution >= 4 is 0 Å². The monoisotopic (exact) mass is 157 g/mol. The second kappa shape index (κ2) is 7.76. The molecule has 2 N–H and O–H groups in total. The quantitative estimate of drug-likeness (QED) is 0.450. The van der Waals surface area contributed by atoms with Crippen LogP contribution in [0.3, 0.4) is 0 Å². The van der Waals surface area contributed by atoms with Crippen molar-refractivity contribution < 1.29 is 5.11 Å². The molecule has 0 spiro atoms. The number of hydrogen-bond acceptors (Lipinski definition) is 2. The number of nitrogens with one attached hydrogen (secondary N) is 1. The van der Waals surface area contributed by atoms with Crippen molar-refractivity contribution in [3.8, 4) is 0 Å². The highest BCUT2D eigenvalue weighted by Gasteiger charge is 1.97.